The summed E-state index contributed by atoms with van der Waals surface area (Å²) < 4.78 is 18.5. The van der Waals surface area contributed by atoms with Crippen molar-refractivity contribution in [2.24, 2.45) is 0 Å². The van der Waals surface area contributed by atoms with Crippen molar-refractivity contribution in [1.82, 2.24) is 5.32 Å². The summed E-state index contributed by atoms with van der Waals surface area (Å²) in [4.78, 5) is 0. The third kappa shape index (κ3) is 4.83. The van der Waals surface area contributed by atoms with E-state index in [1.807, 2.05) is 31.2 Å². The van der Waals surface area contributed by atoms with E-state index in [4.69, 9.17) is 9.84 Å². The minimum Gasteiger partial charge on any atom is -0.489 e. The summed E-state index contributed by atoms with van der Waals surface area (Å²) in [6.45, 7) is 4.52. The predicted molar refractivity (Wildman–Crippen MR) is 85.3 cm³/mol. The van der Waals surface area contributed by atoms with E-state index in [-0.39, 0.29) is 24.5 Å². The lowest BCUT2D eigenvalue weighted by atomic mass is 10.1. The Bertz CT molecular complexity index is 569. The van der Waals surface area contributed by atoms with Crippen LogP contribution >= 0.6 is 0 Å². The molecule has 2 rings (SSSR count). The molecule has 3 nitrogen and oxygen atoms in total. The monoisotopic (exact) mass is 303 g/mol. The van der Waals surface area contributed by atoms with Crippen LogP contribution in [0.3, 0.4) is 0 Å². The molecule has 0 fully saturated rings. The molecule has 0 amide bonds. The van der Waals surface area contributed by atoms with Crippen LogP contribution in [0, 0.1) is 5.82 Å². The van der Waals surface area contributed by atoms with Gasteiger partial charge in [-0.3, -0.25) is 0 Å². The first-order chi connectivity index (χ1) is 10.6. The molecule has 0 aromatic heterocycles. The molecule has 0 aliphatic heterocycles. The predicted octanol–water partition coefficient (Wildman–Crippen LogP) is 3.44. The first-order valence-electron chi connectivity index (χ1n) is 7.42. The summed E-state index contributed by atoms with van der Waals surface area (Å²) in [5, 5.41) is 12.4. The van der Waals surface area contributed by atoms with Crippen molar-refractivity contribution in [2.75, 3.05) is 6.61 Å². The van der Waals surface area contributed by atoms with E-state index < -0.39 is 0 Å². The molecule has 2 N–H and O–H groups in total. The second kappa shape index (κ2) is 7.92. The van der Waals surface area contributed by atoms with Gasteiger partial charge in [0, 0.05) is 12.1 Å². The normalized spacial score (nSPS) is 13.6. The Morgan fingerprint density at radius 3 is 2.27 bits per heavy atom. The van der Waals surface area contributed by atoms with E-state index in [9.17, 15) is 4.39 Å². The zero-order valence-electron chi connectivity index (χ0n) is 12.9. The number of benzene rings is 2. The van der Waals surface area contributed by atoms with E-state index in [1.165, 1.54) is 12.1 Å². The standard InChI is InChI=1S/C18H22FNO2/c1-13(11-21)20-14(2)16-5-9-18(10-6-16)22-12-15-3-7-17(19)8-4-15/h3-10,13-14,20-21H,11-12H2,1-2H3/t13-,14?/m1/s1. The van der Waals surface area contributed by atoms with Crippen LogP contribution in [-0.4, -0.2) is 17.8 Å². The molecule has 4 heteroatoms. The fourth-order valence-corrected chi connectivity index (χ4v) is 2.18. The SMILES string of the molecule is CC(N[C@H](C)CO)c1ccc(OCc2ccc(F)cc2)cc1. The number of hydrogen-bond donors (Lipinski definition) is 2. The molecule has 2 aromatic rings. The molecule has 0 radical (unpaired) electrons. The van der Waals surface area contributed by atoms with E-state index in [0.717, 1.165) is 16.9 Å². The van der Waals surface area contributed by atoms with Gasteiger partial charge in [0.05, 0.1) is 6.61 Å². The van der Waals surface area contributed by atoms with Crippen LogP contribution in [0.15, 0.2) is 48.5 Å². The van der Waals surface area contributed by atoms with Crippen molar-refractivity contribution in [3.63, 3.8) is 0 Å². The van der Waals surface area contributed by atoms with Gasteiger partial charge in [-0.05, 0) is 49.2 Å². The maximum Gasteiger partial charge on any atom is 0.123 e. The van der Waals surface area contributed by atoms with Gasteiger partial charge in [0.15, 0.2) is 0 Å². The molecule has 0 heterocycles. The molecule has 22 heavy (non-hydrogen) atoms. The molecule has 2 aromatic carbocycles. The summed E-state index contributed by atoms with van der Waals surface area (Å²) in [6, 6.07) is 14.3. The van der Waals surface area contributed by atoms with Crippen molar-refractivity contribution in [2.45, 2.75) is 32.5 Å². The Morgan fingerprint density at radius 2 is 1.68 bits per heavy atom. The van der Waals surface area contributed by atoms with Gasteiger partial charge in [-0.2, -0.15) is 0 Å². The number of aliphatic hydroxyl groups excluding tert-OH is 1. The first-order valence-corrected chi connectivity index (χ1v) is 7.42. The molecule has 0 saturated heterocycles. The Morgan fingerprint density at radius 1 is 1.05 bits per heavy atom. The maximum atomic E-state index is 12.8. The van der Waals surface area contributed by atoms with Gasteiger partial charge in [0.1, 0.15) is 18.2 Å². The molecular formula is C18H22FNO2. The average molecular weight is 303 g/mol. The minimum absolute atomic E-state index is 0.0596. The number of rotatable bonds is 7. The molecule has 1 unspecified atom stereocenters. The Balaban J connectivity index is 1.90. The largest absolute Gasteiger partial charge is 0.489 e. The van der Waals surface area contributed by atoms with E-state index in [0.29, 0.717) is 6.61 Å². The van der Waals surface area contributed by atoms with Gasteiger partial charge in [0.2, 0.25) is 0 Å². The van der Waals surface area contributed by atoms with Gasteiger partial charge >= 0.3 is 0 Å². The molecule has 118 valence electrons. The van der Waals surface area contributed by atoms with Gasteiger partial charge in [-0.25, -0.2) is 4.39 Å². The zero-order chi connectivity index (χ0) is 15.9. The summed E-state index contributed by atoms with van der Waals surface area (Å²) in [6.07, 6.45) is 0. The van der Waals surface area contributed by atoms with Gasteiger partial charge in [-0.15, -0.1) is 0 Å². The summed E-state index contributed by atoms with van der Waals surface area (Å²) in [5.41, 5.74) is 2.06. The third-order valence-electron chi connectivity index (χ3n) is 3.51. The Labute approximate surface area is 130 Å². The summed E-state index contributed by atoms with van der Waals surface area (Å²) >= 11 is 0. The maximum absolute atomic E-state index is 12.8. The lowest BCUT2D eigenvalue weighted by Crippen LogP contribution is -2.31. The van der Waals surface area contributed by atoms with Gasteiger partial charge < -0.3 is 15.2 Å². The van der Waals surface area contributed by atoms with Crippen molar-refractivity contribution in [3.8, 4) is 5.75 Å². The molecular weight excluding hydrogens is 281 g/mol. The van der Waals surface area contributed by atoms with Crippen LogP contribution in [0.5, 0.6) is 5.75 Å². The zero-order valence-corrected chi connectivity index (χ0v) is 12.9. The van der Waals surface area contributed by atoms with Crippen LogP contribution in [0.1, 0.15) is 31.0 Å². The van der Waals surface area contributed by atoms with Crippen molar-refractivity contribution >= 4 is 0 Å². The Hall–Kier alpha value is -1.91. The van der Waals surface area contributed by atoms with Crippen LogP contribution < -0.4 is 10.1 Å². The van der Waals surface area contributed by atoms with Gasteiger partial charge in [0.25, 0.3) is 0 Å². The Kier molecular flexibility index (Phi) is 5.92. The molecule has 0 spiro atoms. The quantitative estimate of drug-likeness (QED) is 0.823. The van der Waals surface area contributed by atoms with Crippen molar-refractivity contribution < 1.29 is 14.2 Å². The number of halogens is 1. The second-order valence-electron chi connectivity index (χ2n) is 5.46. The number of aliphatic hydroxyl groups is 1. The van der Waals surface area contributed by atoms with E-state index in [2.05, 4.69) is 12.2 Å². The van der Waals surface area contributed by atoms with Crippen molar-refractivity contribution in [1.29, 1.82) is 0 Å². The van der Waals surface area contributed by atoms with Crippen LogP contribution in [-0.2, 0) is 6.61 Å². The number of hydrogen-bond acceptors (Lipinski definition) is 3. The first kappa shape index (κ1) is 16.5. The van der Waals surface area contributed by atoms with Gasteiger partial charge in [-0.1, -0.05) is 24.3 Å². The number of nitrogens with one attached hydrogen (secondary N) is 1. The second-order valence-corrected chi connectivity index (χ2v) is 5.46. The summed E-state index contributed by atoms with van der Waals surface area (Å²) in [7, 11) is 0. The fraction of sp³-hybridized carbons (Fsp3) is 0.333. The smallest absolute Gasteiger partial charge is 0.123 e. The molecule has 2 atom stereocenters. The highest BCUT2D eigenvalue weighted by molar-refractivity contribution is 5.29. The summed E-state index contributed by atoms with van der Waals surface area (Å²) in [5.74, 6) is 0.530. The number of ether oxygens (including phenoxy) is 1. The average Bonchev–Trinajstić information content (AvgIpc) is 2.54. The van der Waals surface area contributed by atoms with Crippen LogP contribution in [0.2, 0.25) is 0 Å². The van der Waals surface area contributed by atoms with E-state index in [1.54, 1.807) is 12.1 Å². The lowest BCUT2D eigenvalue weighted by Gasteiger charge is -2.19. The fourth-order valence-electron chi connectivity index (χ4n) is 2.18. The highest BCUT2D eigenvalue weighted by Crippen LogP contribution is 2.19. The van der Waals surface area contributed by atoms with Crippen molar-refractivity contribution in [3.05, 3.63) is 65.5 Å². The third-order valence-corrected chi connectivity index (χ3v) is 3.51. The molecule has 0 bridgehead atoms. The molecule has 0 saturated carbocycles. The molecule has 0 aliphatic carbocycles. The minimum atomic E-state index is -0.244. The van der Waals surface area contributed by atoms with Crippen LogP contribution in [0.4, 0.5) is 4.39 Å². The molecule has 0 aliphatic rings. The van der Waals surface area contributed by atoms with E-state index >= 15 is 0 Å². The van der Waals surface area contributed by atoms with Crippen LogP contribution in [0.25, 0.3) is 0 Å². The lowest BCUT2D eigenvalue weighted by molar-refractivity contribution is 0.243. The topological polar surface area (TPSA) is 41.5 Å². The highest BCUT2D eigenvalue weighted by Gasteiger charge is 2.08. The highest BCUT2D eigenvalue weighted by atomic mass is 19.1.